The second-order valence-corrected chi connectivity index (χ2v) is 10.8. The smallest absolute Gasteiger partial charge is 0.345 e. The van der Waals surface area contributed by atoms with Crippen molar-refractivity contribution >= 4 is 62.1 Å². The molecular formula is C27H21Cl2N3O5S. The van der Waals surface area contributed by atoms with Crippen molar-refractivity contribution in [3.8, 4) is 5.75 Å². The third-order valence-electron chi connectivity index (χ3n) is 5.42. The molecule has 2 N–H and O–H groups in total. The van der Waals surface area contributed by atoms with Crippen LogP contribution in [-0.2, 0) is 14.8 Å². The molecule has 0 atom stereocenters. The highest BCUT2D eigenvalue weighted by molar-refractivity contribution is 7.89. The summed E-state index contributed by atoms with van der Waals surface area (Å²) in [6.07, 6.45) is 1.32. The van der Waals surface area contributed by atoms with Gasteiger partial charge >= 0.3 is 5.97 Å². The van der Waals surface area contributed by atoms with Crippen LogP contribution in [0.3, 0.4) is 0 Å². The van der Waals surface area contributed by atoms with Gasteiger partial charge in [-0.2, -0.15) is 5.10 Å². The van der Waals surface area contributed by atoms with E-state index in [0.29, 0.717) is 16.0 Å². The number of carbonyl (C=O) groups excluding carboxylic acids is 2. The Hall–Kier alpha value is -3.76. The molecule has 8 nitrogen and oxygen atoms in total. The van der Waals surface area contributed by atoms with E-state index in [4.69, 9.17) is 27.9 Å². The highest BCUT2D eigenvalue weighted by Gasteiger charge is 2.17. The van der Waals surface area contributed by atoms with Gasteiger partial charge in [0, 0.05) is 10.6 Å². The summed E-state index contributed by atoms with van der Waals surface area (Å²) in [5, 5.41) is 6.02. The molecule has 0 fully saturated rings. The average Bonchev–Trinajstić information content (AvgIpc) is 2.88. The SMILES string of the molecule is Cc1ccc(S(=O)(=O)NCC(=O)N/N=C/c2c(OC(=O)c3ccc(Cl)cc3Cl)ccc3ccccc23)cc1. The number of fused-ring (bicyclic) bond motifs is 1. The molecule has 0 aliphatic carbocycles. The maximum atomic E-state index is 12.8. The highest BCUT2D eigenvalue weighted by atomic mass is 35.5. The van der Waals surface area contributed by atoms with Crippen molar-refractivity contribution in [3.05, 3.63) is 106 Å². The minimum absolute atomic E-state index is 0.0439. The Morgan fingerprint density at radius 2 is 1.71 bits per heavy atom. The van der Waals surface area contributed by atoms with Gasteiger partial charge in [0.15, 0.2) is 0 Å². The molecule has 0 spiro atoms. The zero-order valence-electron chi connectivity index (χ0n) is 19.9. The molecule has 194 valence electrons. The number of benzene rings is 4. The van der Waals surface area contributed by atoms with Crippen molar-refractivity contribution in [1.29, 1.82) is 0 Å². The van der Waals surface area contributed by atoms with Crippen LogP contribution in [-0.4, -0.2) is 33.1 Å². The summed E-state index contributed by atoms with van der Waals surface area (Å²) in [4.78, 5) is 25.1. The second kappa shape index (κ2) is 11.7. The van der Waals surface area contributed by atoms with Gasteiger partial charge in [-0.3, -0.25) is 4.79 Å². The van der Waals surface area contributed by atoms with Gasteiger partial charge in [-0.1, -0.05) is 71.2 Å². The topological polar surface area (TPSA) is 114 Å². The minimum Gasteiger partial charge on any atom is -0.422 e. The Morgan fingerprint density at radius 3 is 2.45 bits per heavy atom. The van der Waals surface area contributed by atoms with E-state index < -0.39 is 28.4 Å². The fourth-order valence-corrected chi connectivity index (χ4v) is 4.95. The fourth-order valence-electron chi connectivity index (χ4n) is 3.48. The van der Waals surface area contributed by atoms with Gasteiger partial charge in [0.05, 0.1) is 28.2 Å². The van der Waals surface area contributed by atoms with E-state index in [1.165, 1.54) is 36.5 Å². The van der Waals surface area contributed by atoms with E-state index in [0.717, 1.165) is 10.9 Å². The molecule has 11 heteroatoms. The number of hydrogen-bond acceptors (Lipinski definition) is 6. The number of nitrogens with zero attached hydrogens (tertiary/aromatic N) is 1. The predicted octanol–water partition coefficient (Wildman–Crippen LogP) is 5.10. The molecule has 0 saturated heterocycles. The number of amides is 1. The molecule has 4 rings (SSSR count). The van der Waals surface area contributed by atoms with E-state index in [1.54, 1.807) is 36.4 Å². The van der Waals surface area contributed by atoms with Crippen LogP contribution in [0.4, 0.5) is 0 Å². The van der Waals surface area contributed by atoms with E-state index >= 15 is 0 Å². The highest BCUT2D eigenvalue weighted by Crippen LogP contribution is 2.29. The van der Waals surface area contributed by atoms with Crippen LogP contribution in [0, 0.1) is 6.92 Å². The van der Waals surface area contributed by atoms with Gasteiger partial charge in [0.1, 0.15) is 5.75 Å². The van der Waals surface area contributed by atoms with Crippen molar-refractivity contribution in [2.75, 3.05) is 6.54 Å². The molecule has 38 heavy (non-hydrogen) atoms. The van der Waals surface area contributed by atoms with Crippen LogP contribution < -0.4 is 14.9 Å². The van der Waals surface area contributed by atoms with Crippen molar-refractivity contribution in [2.24, 2.45) is 5.10 Å². The molecule has 4 aromatic rings. The second-order valence-electron chi connectivity index (χ2n) is 8.14. The molecule has 1 amide bonds. The Labute approximate surface area is 229 Å². The fraction of sp³-hybridized carbons (Fsp3) is 0.0741. The number of sulfonamides is 1. The van der Waals surface area contributed by atoms with Gasteiger partial charge in [0.2, 0.25) is 10.0 Å². The van der Waals surface area contributed by atoms with Crippen molar-refractivity contribution in [3.63, 3.8) is 0 Å². The first kappa shape index (κ1) is 27.3. The lowest BCUT2D eigenvalue weighted by molar-refractivity contribution is -0.119. The van der Waals surface area contributed by atoms with E-state index in [9.17, 15) is 18.0 Å². The van der Waals surface area contributed by atoms with E-state index in [1.807, 2.05) is 19.1 Å². The van der Waals surface area contributed by atoms with Gasteiger partial charge in [-0.15, -0.1) is 0 Å². The third kappa shape index (κ3) is 6.56. The summed E-state index contributed by atoms with van der Waals surface area (Å²) >= 11 is 12.1. The normalized spacial score (nSPS) is 11.6. The summed E-state index contributed by atoms with van der Waals surface area (Å²) in [5.74, 6) is -1.22. The maximum Gasteiger partial charge on any atom is 0.345 e. The summed E-state index contributed by atoms with van der Waals surface area (Å²) in [6.45, 7) is 1.31. The van der Waals surface area contributed by atoms with Gasteiger partial charge in [-0.25, -0.2) is 23.4 Å². The van der Waals surface area contributed by atoms with Crippen LogP contribution in [0.1, 0.15) is 21.5 Å². The lowest BCUT2D eigenvalue weighted by atomic mass is 10.0. The lowest BCUT2D eigenvalue weighted by Gasteiger charge is -2.11. The number of aryl methyl sites for hydroxylation is 1. The average molecular weight is 570 g/mol. The standard InChI is InChI=1S/C27H21Cl2N3O5S/c1-17-6-10-20(11-7-17)38(35,36)31-16-26(33)32-30-15-23-21-5-3-2-4-18(21)8-13-25(23)37-27(34)22-12-9-19(28)14-24(22)29/h2-15,31H,16H2,1H3,(H,32,33)/b30-15+. The maximum absolute atomic E-state index is 12.8. The summed E-state index contributed by atoms with van der Waals surface area (Å²) in [5.41, 5.74) is 3.74. The van der Waals surface area contributed by atoms with Gasteiger partial charge in [0.25, 0.3) is 5.91 Å². The van der Waals surface area contributed by atoms with Crippen LogP contribution in [0.5, 0.6) is 5.75 Å². The van der Waals surface area contributed by atoms with Gasteiger partial charge in [-0.05, 0) is 54.1 Å². The predicted molar refractivity (Wildman–Crippen MR) is 147 cm³/mol. The molecule has 0 aliphatic heterocycles. The molecule has 0 saturated carbocycles. The molecule has 0 heterocycles. The molecule has 0 aliphatic rings. The Kier molecular flexibility index (Phi) is 8.43. The number of hydrogen-bond donors (Lipinski definition) is 2. The molecular weight excluding hydrogens is 549 g/mol. The monoisotopic (exact) mass is 569 g/mol. The Balaban J connectivity index is 1.50. The number of halogens is 2. The summed E-state index contributed by atoms with van der Waals surface area (Å²) in [6, 6.07) is 21.4. The first-order valence-corrected chi connectivity index (χ1v) is 13.5. The number of carbonyl (C=O) groups is 2. The van der Waals surface area contributed by atoms with Crippen LogP contribution in [0.25, 0.3) is 10.8 Å². The quantitative estimate of drug-likeness (QED) is 0.132. The van der Waals surface area contributed by atoms with E-state index in [-0.39, 0.29) is 21.2 Å². The van der Waals surface area contributed by atoms with Crippen LogP contribution in [0.2, 0.25) is 10.0 Å². The first-order chi connectivity index (χ1) is 18.1. The zero-order chi connectivity index (χ0) is 27.3. The molecule has 0 bridgehead atoms. The van der Waals surface area contributed by atoms with Crippen molar-refractivity contribution in [2.45, 2.75) is 11.8 Å². The lowest BCUT2D eigenvalue weighted by Crippen LogP contribution is -2.34. The summed E-state index contributed by atoms with van der Waals surface area (Å²) < 4.78 is 32.6. The van der Waals surface area contributed by atoms with Crippen LogP contribution in [0.15, 0.2) is 88.9 Å². The number of rotatable bonds is 8. The van der Waals surface area contributed by atoms with Crippen molar-refractivity contribution < 1.29 is 22.7 Å². The van der Waals surface area contributed by atoms with E-state index in [2.05, 4.69) is 15.2 Å². The minimum atomic E-state index is -3.87. The van der Waals surface area contributed by atoms with Crippen molar-refractivity contribution in [1.82, 2.24) is 10.1 Å². The number of ether oxygens (including phenoxy) is 1. The molecule has 0 aromatic heterocycles. The van der Waals surface area contributed by atoms with Gasteiger partial charge < -0.3 is 4.74 Å². The zero-order valence-corrected chi connectivity index (χ0v) is 22.3. The Bertz CT molecular complexity index is 1660. The molecule has 0 unspecified atom stereocenters. The Morgan fingerprint density at radius 1 is 0.974 bits per heavy atom. The number of esters is 1. The summed E-state index contributed by atoms with van der Waals surface area (Å²) in [7, 11) is -3.87. The van der Waals surface area contributed by atoms with Crippen LogP contribution >= 0.6 is 23.2 Å². The number of nitrogens with one attached hydrogen (secondary N) is 2. The molecule has 4 aromatic carbocycles. The first-order valence-electron chi connectivity index (χ1n) is 11.2. The molecule has 0 radical (unpaired) electrons. The largest absolute Gasteiger partial charge is 0.422 e. The number of hydrazone groups is 1. The third-order valence-corrected chi connectivity index (χ3v) is 7.39.